The van der Waals surface area contributed by atoms with Crippen LogP contribution < -0.4 is 0 Å². The Morgan fingerprint density at radius 2 is 1.48 bits per heavy atom. The van der Waals surface area contributed by atoms with E-state index in [1.807, 2.05) is 0 Å². The number of benzene rings is 1. The summed E-state index contributed by atoms with van der Waals surface area (Å²) >= 11 is -1.14. The molecule has 0 bridgehead atoms. The van der Waals surface area contributed by atoms with Gasteiger partial charge in [-0.15, -0.1) is 0 Å². The molecule has 1 atom stereocenters. The summed E-state index contributed by atoms with van der Waals surface area (Å²) in [5, 5.41) is 0. The number of unbranched alkanes of at least 4 members (excludes halogenated alkanes) is 1. The number of rotatable bonds is 5. The van der Waals surface area contributed by atoms with Gasteiger partial charge in [0.15, 0.2) is 0 Å². The molecule has 0 saturated heterocycles. The SMILES string of the molecule is CCCC[C]1([Hf][C]2(C)C(C)=C(C)C(C)=C2C)C=Cc2cc3c(cc21)CC(C)(C)C3. The first-order valence-electron chi connectivity index (χ1n) is 11.5. The predicted molar refractivity (Wildman–Crippen MR) is 123 cm³/mol. The van der Waals surface area contributed by atoms with Crippen LogP contribution in [0, 0.1) is 5.41 Å². The Balaban J connectivity index is 1.80. The molecule has 29 heavy (non-hydrogen) atoms. The van der Waals surface area contributed by atoms with Crippen LogP contribution in [0.1, 0.15) is 96.9 Å². The molecule has 1 aromatic carbocycles. The normalized spacial score (nSPS) is 26.3. The third kappa shape index (κ3) is 3.35. The second-order valence-electron chi connectivity index (χ2n) is 10.9. The molecule has 0 radical (unpaired) electrons. The monoisotopic (exact) mass is 554 g/mol. The average Bonchev–Trinajstić information content (AvgIpc) is 3.20. The summed E-state index contributed by atoms with van der Waals surface area (Å²) in [7, 11) is 0. The van der Waals surface area contributed by atoms with Gasteiger partial charge in [-0.1, -0.05) is 0 Å². The number of hydrogen-bond acceptors (Lipinski definition) is 0. The number of fused-ring (bicyclic) bond motifs is 2. The van der Waals surface area contributed by atoms with Gasteiger partial charge in [-0.2, -0.15) is 0 Å². The van der Waals surface area contributed by atoms with E-state index in [4.69, 9.17) is 0 Å². The fraction of sp³-hybridized carbons (Fsp3) is 0.571. The third-order valence-corrected chi connectivity index (χ3v) is 16.9. The van der Waals surface area contributed by atoms with Gasteiger partial charge in [-0.05, 0) is 0 Å². The Morgan fingerprint density at radius 1 is 0.897 bits per heavy atom. The summed E-state index contributed by atoms with van der Waals surface area (Å²) in [5.74, 6) is 0. The summed E-state index contributed by atoms with van der Waals surface area (Å²) in [4.78, 5) is 0. The van der Waals surface area contributed by atoms with E-state index in [2.05, 4.69) is 79.7 Å². The zero-order valence-electron chi connectivity index (χ0n) is 19.8. The maximum absolute atomic E-state index is 2.67. The fourth-order valence-electron chi connectivity index (χ4n) is 6.05. The van der Waals surface area contributed by atoms with Gasteiger partial charge in [0.2, 0.25) is 0 Å². The van der Waals surface area contributed by atoms with Crippen molar-refractivity contribution in [3.8, 4) is 0 Å². The van der Waals surface area contributed by atoms with Crippen LogP contribution in [0.25, 0.3) is 6.08 Å². The van der Waals surface area contributed by atoms with E-state index in [-0.39, 0.29) is 0 Å². The zero-order chi connectivity index (χ0) is 21.2. The summed E-state index contributed by atoms with van der Waals surface area (Å²) < 4.78 is 0.738. The van der Waals surface area contributed by atoms with Gasteiger partial charge in [0.05, 0.1) is 0 Å². The van der Waals surface area contributed by atoms with E-state index in [0.29, 0.717) is 11.8 Å². The molecule has 0 saturated carbocycles. The summed E-state index contributed by atoms with van der Waals surface area (Å²) in [6.45, 7) is 19.4. The Morgan fingerprint density at radius 3 is 2.07 bits per heavy atom. The van der Waals surface area contributed by atoms with Crippen LogP contribution in [-0.2, 0) is 38.9 Å². The van der Waals surface area contributed by atoms with Crippen LogP contribution in [0.3, 0.4) is 0 Å². The predicted octanol–water partition coefficient (Wildman–Crippen LogP) is 8.17. The molecule has 0 aliphatic heterocycles. The summed E-state index contributed by atoms with van der Waals surface area (Å²) in [6.07, 6.45) is 11.7. The van der Waals surface area contributed by atoms with Gasteiger partial charge in [-0.25, -0.2) is 0 Å². The van der Waals surface area contributed by atoms with Gasteiger partial charge in [-0.3, -0.25) is 0 Å². The van der Waals surface area contributed by atoms with Crippen molar-refractivity contribution in [3.05, 3.63) is 62.8 Å². The molecule has 0 N–H and O–H groups in total. The van der Waals surface area contributed by atoms with Crippen LogP contribution in [0.4, 0.5) is 0 Å². The first-order valence-corrected chi connectivity index (χ1v) is 15.1. The van der Waals surface area contributed by atoms with Crippen LogP contribution in [0.5, 0.6) is 0 Å². The van der Waals surface area contributed by atoms with Crippen molar-refractivity contribution in [2.75, 3.05) is 0 Å². The van der Waals surface area contributed by atoms with Crippen molar-refractivity contribution in [1.29, 1.82) is 0 Å². The summed E-state index contributed by atoms with van der Waals surface area (Å²) in [5.41, 5.74) is 13.4. The van der Waals surface area contributed by atoms with E-state index in [9.17, 15) is 0 Å². The third-order valence-electron chi connectivity index (χ3n) is 8.32. The van der Waals surface area contributed by atoms with E-state index in [0.717, 1.165) is 0 Å². The van der Waals surface area contributed by atoms with Crippen LogP contribution in [-0.4, -0.2) is 0 Å². The number of allylic oxidation sites excluding steroid dienone is 5. The molecule has 0 nitrogen and oxygen atoms in total. The fourth-order valence-corrected chi connectivity index (χ4v) is 14.9. The molecule has 1 aromatic rings. The second kappa shape index (κ2) is 7.18. The molecule has 0 heterocycles. The molecule has 0 fully saturated rings. The Kier molecular flexibility index (Phi) is 5.33. The van der Waals surface area contributed by atoms with Crippen LogP contribution in [0.2, 0.25) is 3.17 Å². The molecule has 0 spiro atoms. The minimum atomic E-state index is -1.14. The molecule has 4 rings (SSSR count). The van der Waals surface area contributed by atoms with E-state index in [1.54, 1.807) is 44.5 Å². The maximum atomic E-state index is 2.67. The van der Waals surface area contributed by atoms with Gasteiger partial charge in [0.1, 0.15) is 0 Å². The minimum absolute atomic E-state index is 0.367. The quantitative estimate of drug-likeness (QED) is 0.323. The van der Waals surface area contributed by atoms with Gasteiger partial charge < -0.3 is 0 Å². The molecule has 154 valence electrons. The first kappa shape index (κ1) is 21.5. The molecule has 3 aliphatic carbocycles. The molecule has 0 amide bonds. The van der Waals surface area contributed by atoms with Gasteiger partial charge in [0, 0.05) is 0 Å². The van der Waals surface area contributed by atoms with E-state index in [1.165, 1.54) is 32.1 Å². The van der Waals surface area contributed by atoms with Crippen LogP contribution in [0.15, 0.2) is 40.5 Å². The molecule has 1 unspecified atom stereocenters. The Bertz CT molecular complexity index is 929. The first-order chi connectivity index (χ1) is 13.5. The molecule has 1 heteroatoms. The van der Waals surface area contributed by atoms with Crippen LogP contribution >= 0.6 is 0 Å². The Hall–Kier alpha value is -0.690. The van der Waals surface area contributed by atoms with Crippen molar-refractivity contribution in [1.82, 2.24) is 0 Å². The standard InChI is InChI=1S/C18H23.C10H15.Hf/c1-4-5-6-13-7-8-14-9-15-11-18(2,3)12-16(15)10-17(13)14;1-6-7(2)9(4)10(5)8(6)3;/h7-10H,4-6,11-12H2,1-3H3;1-5H3;. The van der Waals surface area contributed by atoms with E-state index >= 15 is 0 Å². The van der Waals surface area contributed by atoms with Crippen molar-refractivity contribution < 1.29 is 22.9 Å². The number of hydrogen-bond donors (Lipinski definition) is 0. The molecular weight excluding hydrogens is 515 g/mol. The van der Waals surface area contributed by atoms with Crippen molar-refractivity contribution in [2.45, 2.75) is 93.8 Å². The topological polar surface area (TPSA) is 0 Å². The molecular formula is C28H38Hf. The molecule has 3 aliphatic rings. The zero-order valence-corrected chi connectivity index (χ0v) is 23.4. The van der Waals surface area contributed by atoms with Gasteiger partial charge >= 0.3 is 191 Å². The van der Waals surface area contributed by atoms with Crippen molar-refractivity contribution in [3.63, 3.8) is 0 Å². The average molecular weight is 553 g/mol. The van der Waals surface area contributed by atoms with Gasteiger partial charge in [0.25, 0.3) is 0 Å². The second-order valence-corrected chi connectivity index (χ2v) is 18.6. The Labute approximate surface area is 190 Å². The van der Waals surface area contributed by atoms with Crippen molar-refractivity contribution >= 4 is 6.08 Å². The van der Waals surface area contributed by atoms with Crippen molar-refractivity contribution in [2.24, 2.45) is 5.41 Å². The molecule has 0 aromatic heterocycles. The van der Waals surface area contributed by atoms with E-state index < -0.39 is 22.9 Å². The summed E-state index contributed by atoms with van der Waals surface area (Å²) in [6, 6.07) is 5.23.